The average molecular weight is 233 g/mol. The van der Waals surface area contributed by atoms with Gasteiger partial charge in [-0.05, 0) is 32.8 Å². The van der Waals surface area contributed by atoms with Crippen molar-refractivity contribution in [2.24, 2.45) is 0 Å². The molecule has 1 heteroatoms. The minimum atomic E-state index is 0.435. The quantitative estimate of drug-likeness (QED) is 0.434. The molecule has 0 amide bonds. The summed E-state index contributed by atoms with van der Waals surface area (Å²) in [4.78, 5) is 2.29. The van der Waals surface area contributed by atoms with Crippen LogP contribution in [0.3, 0.4) is 0 Å². The summed E-state index contributed by atoms with van der Waals surface area (Å²) in [6.07, 6.45) is 11.6. The zero-order chi connectivity index (χ0) is 13.3. The predicted molar refractivity (Wildman–Crippen MR) is 79.0 cm³/mol. The molecule has 1 atom stereocenters. The van der Waals surface area contributed by atoms with Gasteiger partial charge in [-0.2, -0.15) is 0 Å². The summed E-state index contributed by atoms with van der Waals surface area (Å²) in [6, 6.07) is 0.435. The van der Waals surface area contributed by atoms with E-state index >= 15 is 0 Å². The highest BCUT2D eigenvalue weighted by molar-refractivity contribution is 5.17. The summed E-state index contributed by atoms with van der Waals surface area (Å²) in [5, 5.41) is 0. The maximum atomic E-state index is 3.91. The van der Waals surface area contributed by atoms with Crippen molar-refractivity contribution in [1.82, 2.24) is 4.90 Å². The van der Waals surface area contributed by atoms with E-state index in [-0.39, 0.29) is 0 Å². The molecular weight excluding hydrogens is 206 g/mol. The maximum absolute atomic E-state index is 3.91. The third-order valence-electron chi connectivity index (χ3n) is 2.99. The fourth-order valence-electron chi connectivity index (χ4n) is 1.70. The second-order valence-corrected chi connectivity index (χ2v) is 4.52. The Morgan fingerprint density at radius 1 is 1.24 bits per heavy atom. The molecule has 0 saturated carbocycles. The molecule has 17 heavy (non-hydrogen) atoms. The van der Waals surface area contributed by atoms with Crippen LogP contribution in [-0.4, -0.2) is 18.0 Å². The van der Waals surface area contributed by atoms with Crippen molar-refractivity contribution in [3.63, 3.8) is 0 Å². The summed E-state index contributed by atoms with van der Waals surface area (Å²) in [6.45, 7) is 14.1. The third-order valence-corrected chi connectivity index (χ3v) is 2.99. The van der Waals surface area contributed by atoms with Crippen molar-refractivity contribution in [3.8, 4) is 0 Å². The molecule has 0 rings (SSSR count). The minimum absolute atomic E-state index is 0.435. The van der Waals surface area contributed by atoms with Gasteiger partial charge >= 0.3 is 0 Å². The Bertz CT molecular complexity index is 297. The molecule has 0 radical (unpaired) electrons. The van der Waals surface area contributed by atoms with E-state index in [4.69, 9.17) is 0 Å². The lowest BCUT2D eigenvalue weighted by Gasteiger charge is -2.27. The molecule has 0 aliphatic heterocycles. The van der Waals surface area contributed by atoms with Gasteiger partial charge in [0, 0.05) is 18.8 Å². The highest BCUT2D eigenvalue weighted by Crippen LogP contribution is 2.13. The van der Waals surface area contributed by atoms with Crippen molar-refractivity contribution in [2.45, 2.75) is 46.1 Å². The highest BCUT2D eigenvalue weighted by Gasteiger charge is 2.09. The number of rotatable bonds is 8. The van der Waals surface area contributed by atoms with Crippen LogP contribution in [0.4, 0.5) is 0 Å². The van der Waals surface area contributed by atoms with Gasteiger partial charge in [0.05, 0.1) is 0 Å². The highest BCUT2D eigenvalue weighted by atomic mass is 15.1. The Balaban J connectivity index is 4.60. The summed E-state index contributed by atoms with van der Waals surface area (Å²) < 4.78 is 0. The first-order valence-corrected chi connectivity index (χ1v) is 6.37. The fraction of sp³-hybridized carbons (Fsp3) is 0.500. The molecule has 0 aliphatic carbocycles. The summed E-state index contributed by atoms with van der Waals surface area (Å²) in [5.74, 6) is 0. The standard InChI is InChI=1S/C16H27N/c1-7-10-14(4)12-13-15(5)17(6)16(9-3)11-8-2/h7,9,12-13,16H,1,3,8,10-11H2,2,4-6H3/b14-12+,15-13-. The van der Waals surface area contributed by atoms with Crippen LogP contribution < -0.4 is 0 Å². The van der Waals surface area contributed by atoms with Crippen LogP contribution in [0.1, 0.15) is 40.0 Å². The molecule has 0 spiro atoms. The van der Waals surface area contributed by atoms with Crippen LogP contribution >= 0.6 is 0 Å². The van der Waals surface area contributed by atoms with Crippen molar-refractivity contribution in [3.05, 3.63) is 48.7 Å². The first-order chi connectivity index (χ1) is 8.06. The predicted octanol–water partition coefficient (Wildman–Crippen LogP) is 4.70. The molecule has 0 aromatic carbocycles. The lowest BCUT2D eigenvalue weighted by atomic mass is 10.1. The Morgan fingerprint density at radius 3 is 2.35 bits per heavy atom. The molecule has 0 N–H and O–H groups in total. The molecule has 0 aliphatic rings. The molecule has 1 unspecified atom stereocenters. The largest absolute Gasteiger partial charge is 0.372 e. The lowest BCUT2D eigenvalue weighted by Crippen LogP contribution is -2.28. The Kier molecular flexibility index (Phi) is 8.21. The van der Waals surface area contributed by atoms with E-state index in [9.17, 15) is 0 Å². The molecule has 0 aromatic heterocycles. The van der Waals surface area contributed by atoms with Gasteiger partial charge in [-0.25, -0.2) is 0 Å². The number of nitrogens with zero attached hydrogens (tertiary/aromatic N) is 1. The van der Waals surface area contributed by atoms with Crippen molar-refractivity contribution in [1.29, 1.82) is 0 Å². The van der Waals surface area contributed by atoms with Gasteiger partial charge in [0.2, 0.25) is 0 Å². The molecular formula is C16H27N. The Morgan fingerprint density at radius 2 is 1.88 bits per heavy atom. The topological polar surface area (TPSA) is 3.24 Å². The molecule has 1 nitrogen and oxygen atoms in total. The summed E-state index contributed by atoms with van der Waals surface area (Å²) >= 11 is 0. The van der Waals surface area contributed by atoms with Crippen molar-refractivity contribution >= 4 is 0 Å². The molecule has 96 valence electrons. The van der Waals surface area contributed by atoms with Crippen LogP contribution in [-0.2, 0) is 0 Å². The van der Waals surface area contributed by atoms with Gasteiger partial charge in [0.25, 0.3) is 0 Å². The molecule has 0 saturated heterocycles. The smallest absolute Gasteiger partial charge is 0.0464 e. The molecule has 0 fully saturated rings. The number of hydrogen-bond acceptors (Lipinski definition) is 1. The van der Waals surface area contributed by atoms with Crippen LogP contribution in [0.25, 0.3) is 0 Å². The normalized spacial score (nSPS) is 14.4. The van der Waals surface area contributed by atoms with E-state index in [0.717, 1.165) is 12.8 Å². The number of hydrogen-bond donors (Lipinski definition) is 0. The average Bonchev–Trinajstić information content (AvgIpc) is 2.32. The van der Waals surface area contributed by atoms with Gasteiger partial charge < -0.3 is 4.90 Å². The van der Waals surface area contributed by atoms with E-state index in [1.165, 1.54) is 17.7 Å². The lowest BCUT2D eigenvalue weighted by molar-refractivity contribution is 0.336. The molecule has 0 bridgehead atoms. The van der Waals surface area contributed by atoms with Crippen molar-refractivity contribution in [2.75, 3.05) is 7.05 Å². The summed E-state index contributed by atoms with van der Waals surface area (Å²) in [7, 11) is 2.13. The van der Waals surface area contributed by atoms with Gasteiger partial charge in [-0.3, -0.25) is 0 Å². The Hall–Kier alpha value is -1.24. The van der Waals surface area contributed by atoms with E-state index in [0.29, 0.717) is 6.04 Å². The van der Waals surface area contributed by atoms with Gasteiger partial charge in [-0.15, -0.1) is 13.2 Å². The number of likely N-dealkylation sites (N-methyl/N-ethyl adjacent to an activating group) is 1. The van der Waals surface area contributed by atoms with E-state index < -0.39 is 0 Å². The van der Waals surface area contributed by atoms with E-state index in [1.54, 1.807) is 0 Å². The summed E-state index contributed by atoms with van der Waals surface area (Å²) in [5.41, 5.74) is 2.60. The van der Waals surface area contributed by atoms with Crippen LogP contribution in [0.5, 0.6) is 0 Å². The van der Waals surface area contributed by atoms with Crippen LogP contribution in [0.2, 0.25) is 0 Å². The van der Waals surface area contributed by atoms with Crippen LogP contribution in [0.15, 0.2) is 48.7 Å². The van der Waals surface area contributed by atoms with E-state index in [1.807, 2.05) is 12.2 Å². The maximum Gasteiger partial charge on any atom is 0.0464 e. The second-order valence-electron chi connectivity index (χ2n) is 4.52. The Labute approximate surface area is 107 Å². The zero-order valence-electron chi connectivity index (χ0n) is 11.9. The SMILES string of the molecule is C=CC/C(C)=C/C=C(/C)N(C)C(C=C)CCC. The van der Waals surface area contributed by atoms with Crippen molar-refractivity contribution < 1.29 is 0 Å². The van der Waals surface area contributed by atoms with Crippen LogP contribution in [0, 0.1) is 0 Å². The van der Waals surface area contributed by atoms with E-state index in [2.05, 4.69) is 58.0 Å². The van der Waals surface area contributed by atoms with Gasteiger partial charge in [0.1, 0.15) is 0 Å². The van der Waals surface area contributed by atoms with Gasteiger partial charge in [-0.1, -0.05) is 37.1 Å². The number of allylic oxidation sites excluding steroid dienone is 5. The third kappa shape index (κ3) is 6.15. The first-order valence-electron chi connectivity index (χ1n) is 6.37. The first kappa shape index (κ1) is 15.8. The zero-order valence-corrected chi connectivity index (χ0v) is 11.9. The fourth-order valence-corrected chi connectivity index (χ4v) is 1.70. The minimum Gasteiger partial charge on any atom is -0.372 e. The monoisotopic (exact) mass is 233 g/mol. The second kappa shape index (κ2) is 8.86. The van der Waals surface area contributed by atoms with Gasteiger partial charge in [0.15, 0.2) is 0 Å². The molecule has 0 heterocycles. The molecule has 0 aromatic rings.